The van der Waals surface area contributed by atoms with Gasteiger partial charge in [-0.2, -0.15) is 0 Å². The molecule has 0 aliphatic heterocycles. The first-order valence-electron chi connectivity index (χ1n) is 6.01. The number of para-hydroxylation sites is 1. The smallest absolute Gasteiger partial charge is 0.129 e. The molecule has 2 heterocycles. The van der Waals surface area contributed by atoms with Crippen LogP contribution in [-0.4, -0.2) is 9.97 Å². The van der Waals surface area contributed by atoms with Crippen LogP contribution in [0.15, 0.2) is 54.9 Å². The number of anilines is 1. The van der Waals surface area contributed by atoms with Gasteiger partial charge in [0.1, 0.15) is 5.15 Å². The highest BCUT2D eigenvalue weighted by atomic mass is 35.5. The van der Waals surface area contributed by atoms with Crippen LogP contribution in [0.4, 0.5) is 5.69 Å². The van der Waals surface area contributed by atoms with Crippen LogP contribution in [0.2, 0.25) is 5.15 Å². The highest BCUT2D eigenvalue weighted by molar-refractivity contribution is 6.29. The van der Waals surface area contributed by atoms with Crippen molar-refractivity contribution in [1.29, 1.82) is 0 Å². The summed E-state index contributed by atoms with van der Waals surface area (Å²) in [5, 5.41) is 4.94. The van der Waals surface area contributed by atoms with Crippen LogP contribution >= 0.6 is 11.6 Å². The normalized spacial score (nSPS) is 10.6. The van der Waals surface area contributed by atoms with Gasteiger partial charge in [-0.1, -0.05) is 29.8 Å². The van der Waals surface area contributed by atoms with Crippen molar-refractivity contribution in [2.45, 2.75) is 6.54 Å². The van der Waals surface area contributed by atoms with E-state index >= 15 is 0 Å². The van der Waals surface area contributed by atoms with Crippen LogP contribution in [-0.2, 0) is 6.54 Å². The van der Waals surface area contributed by atoms with Gasteiger partial charge in [0, 0.05) is 24.3 Å². The zero-order chi connectivity index (χ0) is 13.1. The summed E-state index contributed by atoms with van der Waals surface area (Å²) in [6.45, 7) is 0.709. The molecule has 0 unspecified atom stereocenters. The van der Waals surface area contributed by atoms with Crippen LogP contribution in [0.5, 0.6) is 0 Å². The largest absolute Gasteiger partial charge is 0.379 e. The molecule has 0 aliphatic carbocycles. The van der Waals surface area contributed by atoms with Crippen LogP contribution in [0, 0.1) is 0 Å². The first kappa shape index (κ1) is 11.9. The number of halogens is 1. The third-order valence-corrected chi connectivity index (χ3v) is 3.10. The molecule has 0 spiro atoms. The van der Waals surface area contributed by atoms with Crippen LogP contribution in [0.25, 0.3) is 10.9 Å². The number of nitrogens with one attached hydrogen (secondary N) is 1. The Hall–Kier alpha value is -2.13. The zero-order valence-corrected chi connectivity index (χ0v) is 10.9. The molecule has 0 amide bonds. The third-order valence-electron chi connectivity index (χ3n) is 2.89. The minimum Gasteiger partial charge on any atom is -0.379 e. The maximum absolute atomic E-state index is 5.96. The number of benzene rings is 1. The molecule has 0 atom stereocenters. The van der Waals surface area contributed by atoms with E-state index in [1.165, 1.54) is 0 Å². The van der Waals surface area contributed by atoms with Crippen molar-refractivity contribution >= 4 is 28.2 Å². The van der Waals surface area contributed by atoms with E-state index in [2.05, 4.69) is 15.3 Å². The Bertz CT molecular complexity index is 698. The van der Waals surface area contributed by atoms with Crippen molar-refractivity contribution in [2.75, 3.05) is 5.32 Å². The van der Waals surface area contributed by atoms with E-state index < -0.39 is 0 Å². The van der Waals surface area contributed by atoms with Crippen molar-refractivity contribution < 1.29 is 0 Å². The Kier molecular flexibility index (Phi) is 3.29. The van der Waals surface area contributed by atoms with Gasteiger partial charge in [-0.15, -0.1) is 0 Å². The van der Waals surface area contributed by atoms with Crippen LogP contribution in [0.3, 0.4) is 0 Å². The molecular weight excluding hydrogens is 258 g/mol. The van der Waals surface area contributed by atoms with Crippen LogP contribution in [0.1, 0.15) is 5.56 Å². The molecule has 3 rings (SSSR count). The lowest BCUT2D eigenvalue weighted by molar-refractivity contribution is 1.11. The highest BCUT2D eigenvalue weighted by Crippen LogP contribution is 2.23. The molecule has 0 saturated carbocycles. The summed E-state index contributed by atoms with van der Waals surface area (Å²) < 4.78 is 0. The highest BCUT2D eigenvalue weighted by Gasteiger charge is 2.03. The Balaban J connectivity index is 1.90. The van der Waals surface area contributed by atoms with Gasteiger partial charge in [0.2, 0.25) is 0 Å². The molecule has 94 valence electrons. The summed E-state index contributed by atoms with van der Waals surface area (Å²) in [5.41, 5.74) is 2.99. The van der Waals surface area contributed by atoms with Crippen molar-refractivity contribution in [3.8, 4) is 0 Å². The number of nitrogens with zero attached hydrogens (tertiary/aromatic N) is 2. The van der Waals surface area contributed by atoms with Crippen molar-refractivity contribution in [3.05, 3.63) is 65.6 Å². The lowest BCUT2D eigenvalue weighted by atomic mass is 10.2. The van der Waals surface area contributed by atoms with Crippen molar-refractivity contribution in [3.63, 3.8) is 0 Å². The summed E-state index contributed by atoms with van der Waals surface area (Å²) in [6, 6.07) is 13.8. The second kappa shape index (κ2) is 5.24. The predicted molar refractivity (Wildman–Crippen MR) is 78.3 cm³/mol. The standard InChI is InChI=1S/C15H12ClN3/c16-14-7-6-12-4-1-5-13(15(12)19-14)18-10-11-3-2-8-17-9-11/h1-9,18H,10H2. The monoisotopic (exact) mass is 269 g/mol. The molecule has 0 radical (unpaired) electrons. The fourth-order valence-corrected chi connectivity index (χ4v) is 2.11. The first-order valence-corrected chi connectivity index (χ1v) is 6.39. The molecule has 4 heteroatoms. The minimum absolute atomic E-state index is 0.503. The Labute approximate surface area is 116 Å². The van der Waals surface area contributed by atoms with Gasteiger partial charge in [0.25, 0.3) is 0 Å². The van der Waals surface area contributed by atoms with E-state index in [0.717, 1.165) is 22.2 Å². The molecule has 19 heavy (non-hydrogen) atoms. The van der Waals surface area contributed by atoms with Gasteiger partial charge >= 0.3 is 0 Å². The van der Waals surface area contributed by atoms with E-state index in [9.17, 15) is 0 Å². The van der Waals surface area contributed by atoms with Gasteiger partial charge in [-0.25, -0.2) is 4.98 Å². The molecule has 3 nitrogen and oxygen atoms in total. The number of hydrogen-bond acceptors (Lipinski definition) is 3. The van der Waals surface area contributed by atoms with E-state index in [-0.39, 0.29) is 0 Å². The maximum Gasteiger partial charge on any atom is 0.129 e. The van der Waals surface area contributed by atoms with Gasteiger partial charge in [-0.3, -0.25) is 4.98 Å². The van der Waals surface area contributed by atoms with E-state index in [1.807, 2.05) is 42.6 Å². The first-order chi connectivity index (χ1) is 9.33. The summed E-state index contributed by atoms with van der Waals surface area (Å²) >= 11 is 5.96. The Morgan fingerprint density at radius 1 is 1.05 bits per heavy atom. The third kappa shape index (κ3) is 2.66. The second-order valence-electron chi connectivity index (χ2n) is 4.23. The van der Waals surface area contributed by atoms with E-state index in [1.54, 1.807) is 12.3 Å². The minimum atomic E-state index is 0.503. The van der Waals surface area contributed by atoms with Crippen molar-refractivity contribution in [1.82, 2.24) is 9.97 Å². The van der Waals surface area contributed by atoms with Crippen LogP contribution < -0.4 is 5.32 Å². The molecule has 0 fully saturated rings. The average Bonchev–Trinajstić information content (AvgIpc) is 2.46. The molecule has 0 bridgehead atoms. The molecule has 1 aromatic carbocycles. The Morgan fingerprint density at radius 2 is 2.00 bits per heavy atom. The number of hydrogen-bond donors (Lipinski definition) is 1. The molecule has 0 aliphatic rings. The molecular formula is C15H12ClN3. The summed E-state index contributed by atoms with van der Waals surface area (Å²) in [4.78, 5) is 8.47. The lowest BCUT2D eigenvalue weighted by Gasteiger charge is -2.09. The molecule has 0 saturated heterocycles. The quantitative estimate of drug-likeness (QED) is 0.733. The number of fused-ring (bicyclic) bond motifs is 1. The summed E-state index contributed by atoms with van der Waals surface area (Å²) in [5.74, 6) is 0. The number of rotatable bonds is 3. The maximum atomic E-state index is 5.96. The Morgan fingerprint density at radius 3 is 2.84 bits per heavy atom. The summed E-state index contributed by atoms with van der Waals surface area (Å²) in [7, 11) is 0. The summed E-state index contributed by atoms with van der Waals surface area (Å²) in [6.07, 6.45) is 3.61. The van der Waals surface area contributed by atoms with E-state index in [4.69, 9.17) is 11.6 Å². The van der Waals surface area contributed by atoms with Gasteiger partial charge in [0.15, 0.2) is 0 Å². The number of pyridine rings is 2. The number of aromatic nitrogens is 2. The average molecular weight is 270 g/mol. The SMILES string of the molecule is Clc1ccc2cccc(NCc3cccnc3)c2n1. The second-order valence-corrected chi connectivity index (χ2v) is 4.61. The zero-order valence-electron chi connectivity index (χ0n) is 10.2. The topological polar surface area (TPSA) is 37.8 Å². The lowest BCUT2D eigenvalue weighted by Crippen LogP contribution is -2.00. The van der Waals surface area contributed by atoms with E-state index in [0.29, 0.717) is 11.7 Å². The molecule has 2 aromatic heterocycles. The van der Waals surface area contributed by atoms with Crippen molar-refractivity contribution in [2.24, 2.45) is 0 Å². The predicted octanol–water partition coefficient (Wildman–Crippen LogP) is 3.90. The van der Waals surface area contributed by atoms with Gasteiger partial charge in [-0.05, 0) is 29.8 Å². The van der Waals surface area contributed by atoms with Gasteiger partial charge in [0.05, 0.1) is 11.2 Å². The molecule has 3 aromatic rings. The fraction of sp³-hybridized carbons (Fsp3) is 0.0667. The fourth-order valence-electron chi connectivity index (χ4n) is 1.97. The van der Waals surface area contributed by atoms with Gasteiger partial charge < -0.3 is 5.32 Å². The molecule has 1 N–H and O–H groups in total.